The number of alkyl halides is 3. The van der Waals surface area contributed by atoms with Crippen molar-refractivity contribution in [3.63, 3.8) is 0 Å². The molecule has 1 aliphatic carbocycles. The number of nitrogens with zero attached hydrogens (tertiary/aromatic N) is 3. The van der Waals surface area contributed by atoms with Gasteiger partial charge in [-0.05, 0) is 31.0 Å². The fourth-order valence-electron chi connectivity index (χ4n) is 3.44. The predicted octanol–water partition coefficient (Wildman–Crippen LogP) is 3.75. The third-order valence-electron chi connectivity index (χ3n) is 5.20. The van der Waals surface area contributed by atoms with E-state index in [1.165, 1.54) is 13.2 Å². The summed E-state index contributed by atoms with van der Waals surface area (Å²) < 4.78 is 45.6. The minimum atomic E-state index is -4.66. The Morgan fingerprint density at radius 3 is 2.65 bits per heavy atom. The van der Waals surface area contributed by atoms with Gasteiger partial charge in [0.15, 0.2) is 0 Å². The molecule has 0 atom stereocenters. The summed E-state index contributed by atoms with van der Waals surface area (Å²) in [6.07, 6.45) is -1.98. The summed E-state index contributed by atoms with van der Waals surface area (Å²) in [5.74, 6) is -1.76. The summed E-state index contributed by atoms with van der Waals surface area (Å²) in [6.45, 7) is 0. The molecule has 0 saturated heterocycles. The van der Waals surface area contributed by atoms with Gasteiger partial charge in [0.1, 0.15) is 17.1 Å². The molecule has 1 fully saturated rings. The first-order valence-electron chi connectivity index (χ1n) is 9.31. The fraction of sp³-hybridized carbons (Fsp3) is 0.300. The first kappa shape index (κ1) is 20.6. The lowest BCUT2D eigenvalue weighted by atomic mass is 9.80. The van der Waals surface area contributed by atoms with Crippen molar-refractivity contribution < 1.29 is 32.6 Å². The molecule has 0 spiro atoms. The summed E-state index contributed by atoms with van der Waals surface area (Å²) in [5.41, 5.74) is -0.729. The highest BCUT2D eigenvalue weighted by atomic mass is 19.4. The van der Waals surface area contributed by atoms with Crippen LogP contribution in [-0.4, -0.2) is 38.9 Å². The van der Waals surface area contributed by atoms with Gasteiger partial charge in [-0.3, -0.25) is 14.3 Å². The molecule has 162 valence electrons. The fourth-order valence-corrected chi connectivity index (χ4v) is 3.44. The van der Waals surface area contributed by atoms with Gasteiger partial charge in [-0.25, -0.2) is 4.98 Å². The average molecular weight is 434 g/mol. The number of amides is 1. The van der Waals surface area contributed by atoms with Crippen molar-refractivity contribution in [3.05, 3.63) is 47.9 Å². The molecular weight excluding hydrogens is 417 g/mol. The standard InChI is InChI=1S/C20H17F3N4O4/c1-31-16-8-14-11(9-27(26-14)12-5-10(6-12)19(29)30)7-15(16)25-18(28)13-3-2-4-17(24-13)20(21,22)23/h2-4,7-10,12H,5-6H2,1H3,(H,25,28)(H,29,30). The van der Waals surface area contributed by atoms with Crippen LogP contribution in [0.4, 0.5) is 18.9 Å². The van der Waals surface area contributed by atoms with E-state index in [0.717, 1.165) is 12.1 Å². The van der Waals surface area contributed by atoms with Crippen LogP contribution in [0.5, 0.6) is 5.75 Å². The van der Waals surface area contributed by atoms with Gasteiger partial charge in [0.05, 0.1) is 30.3 Å². The number of nitrogens with one attached hydrogen (secondary N) is 1. The number of carbonyl (C=O) groups is 2. The monoisotopic (exact) mass is 434 g/mol. The summed E-state index contributed by atoms with van der Waals surface area (Å²) >= 11 is 0. The van der Waals surface area contributed by atoms with Gasteiger partial charge in [0.25, 0.3) is 5.91 Å². The Morgan fingerprint density at radius 1 is 1.26 bits per heavy atom. The van der Waals surface area contributed by atoms with E-state index in [2.05, 4.69) is 15.4 Å². The molecule has 1 aromatic carbocycles. The second-order valence-corrected chi connectivity index (χ2v) is 7.24. The molecule has 0 radical (unpaired) electrons. The summed E-state index contributed by atoms with van der Waals surface area (Å²) in [7, 11) is 1.39. The Morgan fingerprint density at radius 2 is 2.00 bits per heavy atom. The molecule has 0 bridgehead atoms. The number of carboxylic acids is 1. The van der Waals surface area contributed by atoms with E-state index >= 15 is 0 Å². The number of anilines is 1. The van der Waals surface area contributed by atoms with Crippen LogP contribution in [0.1, 0.15) is 35.1 Å². The highest BCUT2D eigenvalue weighted by molar-refractivity contribution is 6.05. The Kier molecular flexibility index (Phi) is 5.03. The first-order valence-corrected chi connectivity index (χ1v) is 9.31. The smallest absolute Gasteiger partial charge is 0.433 e. The number of benzene rings is 1. The summed E-state index contributed by atoms with van der Waals surface area (Å²) in [5, 5.41) is 16.7. The van der Waals surface area contributed by atoms with Crippen molar-refractivity contribution in [1.29, 1.82) is 0 Å². The molecule has 3 aromatic rings. The number of methoxy groups -OCH3 is 1. The highest BCUT2D eigenvalue weighted by Crippen LogP contribution is 2.39. The molecule has 1 saturated carbocycles. The zero-order chi connectivity index (χ0) is 22.3. The van der Waals surface area contributed by atoms with Crippen LogP contribution >= 0.6 is 0 Å². The van der Waals surface area contributed by atoms with Gasteiger partial charge in [-0.15, -0.1) is 0 Å². The quantitative estimate of drug-likeness (QED) is 0.634. The number of halogens is 3. The lowest BCUT2D eigenvalue weighted by Gasteiger charge is -2.32. The van der Waals surface area contributed by atoms with Gasteiger partial charge in [-0.2, -0.15) is 18.3 Å². The molecule has 0 aliphatic heterocycles. The molecule has 11 heteroatoms. The first-order chi connectivity index (χ1) is 14.7. The molecule has 2 heterocycles. The van der Waals surface area contributed by atoms with E-state index in [1.54, 1.807) is 23.0 Å². The van der Waals surface area contributed by atoms with E-state index in [1.807, 2.05) is 0 Å². The van der Waals surface area contributed by atoms with Crippen molar-refractivity contribution in [3.8, 4) is 5.75 Å². The van der Waals surface area contributed by atoms with Crippen molar-refractivity contribution in [2.45, 2.75) is 25.1 Å². The Labute approximate surface area is 173 Å². The molecule has 1 amide bonds. The maximum Gasteiger partial charge on any atom is 0.433 e. The zero-order valence-corrected chi connectivity index (χ0v) is 16.2. The van der Waals surface area contributed by atoms with E-state index in [9.17, 15) is 22.8 Å². The Bertz CT molecular complexity index is 1170. The third kappa shape index (κ3) is 4.03. The number of hydrogen-bond acceptors (Lipinski definition) is 5. The number of carboxylic acid groups (broad SMARTS) is 1. The SMILES string of the molecule is COc1cc2nn(C3CC(C(=O)O)C3)cc2cc1NC(=O)c1cccc(C(F)(F)F)n1. The lowest BCUT2D eigenvalue weighted by Crippen LogP contribution is -2.32. The molecular formula is C20H17F3N4O4. The molecule has 1 aliphatic rings. The minimum absolute atomic E-state index is 0.0353. The van der Waals surface area contributed by atoms with E-state index in [4.69, 9.17) is 9.84 Å². The third-order valence-corrected chi connectivity index (χ3v) is 5.20. The van der Waals surface area contributed by atoms with Crippen LogP contribution in [0, 0.1) is 5.92 Å². The van der Waals surface area contributed by atoms with Gasteiger partial charge in [0.2, 0.25) is 0 Å². The second kappa shape index (κ2) is 7.56. The van der Waals surface area contributed by atoms with Crippen molar-refractivity contribution in [2.75, 3.05) is 12.4 Å². The number of hydrogen-bond donors (Lipinski definition) is 2. The summed E-state index contributed by atoms with van der Waals surface area (Å²) in [6, 6.07) is 6.23. The van der Waals surface area contributed by atoms with Gasteiger partial charge < -0.3 is 15.2 Å². The number of rotatable bonds is 5. The van der Waals surface area contributed by atoms with Crippen LogP contribution in [0.15, 0.2) is 36.5 Å². The van der Waals surface area contributed by atoms with Crippen LogP contribution in [0.3, 0.4) is 0 Å². The Balaban J connectivity index is 1.59. The van der Waals surface area contributed by atoms with Crippen LogP contribution in [-0.2, 0) is 11.0 Å². The van der Waals surface area contributed by atoms with Crippen molar-refractivity contribution >= 4 is 28.5 Å². The lowest BCUT2D eigenvalue weighted by molar-refractivity contribution is -0.146. The van der Waals surface area contributed by atoms with Crippen LogP contribution in [0.2, 0.25) is 0 Å². The van der Waals surface area contributed by atoms with E-state index < -0.39 is 23.7 Å². The van der Waals surface area contributed by atoms with Gasteiger partial charge in [0, 0.05) is 17.6 Å². The number of aliphatic carboxylic acids is 1. The number of ether oxygens (including phenoxy) is 1. The number of pyridine rings is 1. The van der Waals surface area contributed by atoms with Crippen molar-refractivity contribution in [1.82, 2.24) is 14.8 Å². The van der Waals surface area contributed by atoms with E-state index in [0.29, 0.717) is 23.7 Å². The number of carbonyl (C=O) groups excluding carboxylic acids is 1. The molecule has 8 nitrogen and oxygen atoms in total. The summed E-state index contributed by atoms with van der Waals surface area (Å²) in [4.78, 5) is 26.9. The predicted molar refractivity (Wildman–Crippen MR) is 103 cm³/mol. The Hall–Kier alpha value is -3.63. The average Bonchev–Trinajstić information content (AvgIpc) is 3.07. The maximum absolute atomic E-state index is 12.9. The largest absolute Gasteiger partial charge is 0.494 e. The molecule has 31 heavy (non-hydrogen) atoms. The van der Waals surface area contributed by atoms with Crippen LogP contribution < -0.4 is 10.1 Å². The molecule has 2 aromatic heterocycles. The van der Waals surface area contributed by atoms with Crippen molar-refractivity contribution in [2.24, 2.45) is 5.92 Å². The molecule has 0 unspecified atom stereocenters. The highest BCUT2D eigenvalue weighted by Gasteiger charge is 2.36. The molecule has 2 N–H and O–H groups in total. The normalized spacial score (nSPS) is 18.5. The zero-order valence-electron chi connectivity index (χ0n) is 16.2. The number of fused-ring (bicyclic) bond motifs is 1. The molecule has 4 rings (SSSR count). The topological polar surface area (TPSA) is 106 Å². The maximum atomic E-state index is 12.9. The van der Waals surface area contributed by atoms with Gasteiger partial charge in [-0.1, -0.05) is 6.07 Å². The minimum Gasteiger partial charge on any atom is -0.494 e. The van der Waals surface area contributed by atoms with E-state index in [-0.39, 0.29) is 29.1 Å². The number of aromatic nitrogens is 3. The van der Waals surface area contributed by atoms with Gasteiger partial charge >= 0.3 is 12.1 Å². The van der Waals surface area contributed by atoms with Crippen LogP contribution in [0.25, 0.3) is 10.9 Å². The second-order valence-electron chi connectivity index (χ2n) is 7.24.